The highest BCUT2D eigenvalue weighted by atomic mass is 32.1. The smallest absolute Gasteiger partial charge is 0.234 e. The maximum absolute atomic E-state index is 12.4. The second kappa shape index (κ2) is 7.43. The molecule has 1 aliphatic heterocycles. The molecule has 0 bridgehead atoms. The fourth-order valence-corrected chi connectivity index (χ4v) is 4.26. The van der Waals surface area contributed by atoms with Gasteiger partial charge in [0.25, 0.3) is 0 Å². The summed E-state index contributed by atoms with van der Waals surface area (Å²) in [6, 6.07) is 12.0. The van der Waals surface area contributed by atoms with Crippen molar-refractivity contribution in [3.8, 4) is 5.88 Å². The van der Waals surface area contributed by atoms with Crippen molar-refractivity contribution in [2.45, 2.75) is 19.5 Å². The van der Waals surface area contributed by atoms with E-state index in [2.05, 4.69) is 26.6 Å². The van der Waals surface area contributed by atoms with Crippen LogP contribution in [0.1, 0.15) is 16.0 Å². The van der Waals surface area contributed by atoms with Crippen molar-refractivity contribution in [3.05, 3.63) is 57.8 Å². The molecule has 3 heterocycles. The van der Waals surface area contributed by atoms with Gasteiger partial charge in [0.05, 0.1) is 19.2 Å². The van der Waals surface area contributed by atoms with Crippen LogP contribution in [0.5, 0.6) is 5.88 Å². The van der Waals surface area contributed by atoms with Gasteiger partial charge in [0, 0.05) is 36.0 Å². The molecule has 134 valence electrons. The number of amides is 1. The van der Waals surface area contributed by atoms with Crippen LogP contribution in [-0.2, 0) is 24.3 Å². The van der Waals surface area contributed by atoms with Crippen LogP contribution in [0, 0.1) is 0 Å². The number of benzene rings is 1. The van der Waals surface area contributed by atoms with E-state index < -0.39 is 0 Å². The molecule has 2 aromatic heterocycles. The molecule has 0 unspecified atom stereocenters. The number of thiophene rings is 1. The predicted octanol–water partition coefficient (Wildman–Crippen LogP) is 2.98. The Morgan fingerprint density at radius 3 is 3.12 bits per heavy atom. The van der Waals surface area contributed by atoms with Crippen molar-refractivity contribution in [3.63, 3.8) is 0 Å². The van der Waals surface area contributed by atoms with Crippen LogP contribution in [0.3, 0.4) is 0 Å². The SMILES string of the molecule is COc1cc(CNC(=O)CN2CCc3sccc3C2)c2ccccc2n1. The largest absolute Gasteiger partial charge is 0.481 e. The highest BCUT2D eigenvalue weighted by molar-refractivity contribution is 7.10. The van der Waals surface area contributed by atoms with Gasteiger partial charge in [-0.3, -0.25) is 9.69 Å². The molecule has 0 aliphatic carbocycles. The van der Waals surface area contributed by atoms with E-state index in [1.165, 1.54) is 10.4 Å². The number of fused-ring (bicyclic) bond motifs is 2. The van der Waals surface area contributed by atoms with Crippen LogP contribution in [0.25, 0.3) is 10.9 Å². The number of para-hydroxylation sites is 1. The lowest BCUT2D eigenvalue weighted by Gasteiger charge is -2.26. The molecular weight excluding hydrogens is 346 g/mol. The molecule has 3 aromatic rings. The van der Waals surface area contributed by atoms with Gasteiger partial charge in [-0.2, -0.15) is 0 Å². The van der Waals surface area contributed by atoms with Crippen molar-refractivity contribution in [1.82, 2.24) is 15.2 Å². The summed E-state index contributed by atoms with van der Waals surface area (Å²) >= 11 is 1.81. The zero-order chi connectivity index (χ0) is 17.9. The molecule has 0 spiro atoms. The fourth-order valence-electron chi connectivity index (χ4n) is 3.37. The fraction of sp³-hybridized carbons (Fsp3) is 0.300. The van der Waals surface area contributed by atoms with Gasteiger partial charge < -0.3 is 10.1 Å². The number of nitrogens with one attached hydrogen (secondary N) is 1. The molecule has 4 rings (SSSR count). The van der Waals surface area contributed by atoms with E-state index in [9.17, 15) is 4.79 Å². The lowest BCUT2D eigenvalue weighted by Crippen LogP contribution is -2.39. The van der Waals surface area contributed by atoms with E-state index in [0.29, 0.717) is 19.0 Å². The number of pyridine rings is 1. The molecule has 0 saturated heterocycles. The Morgan fingerprint density at radius 1 is 1.35 bits per heavy atom. The molecule has 0 radical (unpaired) electrons. The van der Waals surface area contributed by atoms with Crippen molar-refractivity contribution in [1.29, 1.82) is 0 Å². The highest BCUT2D eigenvalue weighted by Crippen LogP contribution is 2.24. The van der Waals surface area contributed by atoms with Gasteiger partial charge in [-0.25, -0.2) is 4.98 Å². The minimum absolute atomic E-state index is 0.0449. The van der Waals surface area contributed by atoms with Gasteiger partial charge in [0.15, 0.2) is 0 Å². The van der Waals surface area contributed by atoms with E-state index in [1.54, 1.807) is 7.11 Å². The monoisotopic (exact) mass is 367 g/mol. The molecule has 1 aliphatic rings. The summed E-state index contributed by atoms with van der Waals surface area (Å²) in [4.78, 5) is 20.5. The van der Waals surface area contributed by atoms with E-state index in [1.807, 2.05) is 41.7 Å². The van der Waals surface area contributed by atoms with Crippen molar-refractivity contribution in [2.24, 2.45) is 0 Å². The van der Waals surface area contributed by atoms with Crippen molar-refractivity contribution in [2.75, 3.05) is 20.2 Å². The van der Waals surface area contributed by atoms with Crippen LogP contribution in [-0.4, -0.2) is 36.0 Å². The Bertz CT molecular complexity index is 938. The third kappa shape index (κ3) is 3.57. The summed E-state index contributed by atoms with van der Waals surface area (Å²) in [5, 5.41) is 6.22. The molecule has 0 fully saturated rings. The Hall–Kier alpha value is -2.44. The number of hydrogen-bond acceptors (Lipinski definition) is 5. The van der Waals surface area contributed by atoms with E-state index in [4.69, 9.17) is 4.74 Å². The summed E-state index contributed by atoms with van der Waals surface area (Å²) in [5.74, 6) is 0.609. The van der Waals surface area contributed by atoms with Crippen LogP contribution in [0.2, 0.25) is 0 Å². The van der Waals surface area contributed by atoms with Crippen LogP contribution < -0.4 is 10.1 Å². The van der Waals surface area contributed by atoms with E-state index in [-0.39, 0.29) is 5.91 Å². The average Bonchev–Trinajstić information content (AvgIpc) is 3.13. The second-order valence-corrected chi connectivity index (χ2v) is 7.45. The summed E-state index contributed by atoms with van der Waals surface area (Å²) in [5.41, 5.74) is 3.25. The minimum atomic E-state index is 0.0449. The van der Waals surface area contributed by atoms with Gasteiger partial charge in [-0.1, -0.05) is 18.2 Å². The van der Waals surface area contributed by atoms with Crippen LogP contribution in [0.15, 0.2) is 41.8 Å². The van der Waals surface area contributed by atoms with Gasteiger partial charge in [0.2, 0.25) is 11.8 Å². The lowest BCUT2D eigenvalue weighted by molar-refractivity contribution is -0.122. The molecule has 26 heavy (non-hydrogen) atoms. The quantitative estimate of drug-likeness (QED) is 0.753. The summed E-state index contributed by atoms with van der Waals surface area (Å²) in [6.07, 6.45) is 1.03. The molecule has 0 atom stereocenters. The number of nitrogens with zero attached hydrogens (tertiary/aromatic N) is 2. The Kier molecular flexibility index (Phi) is 4.86. The van der Waals surface area contributed by atoms with Gasteiger partial charge in [-0.15, -0.1) is 11.3 Å². The first-order chi connectivity index (χ1) is 12.7. The number of methoxy groups -OCH3 is 1. The summed E-state index contributed by atoms with van der Waals surface area (Å²) in [7, 11) is 1.61. The zero-order valence-electron chi connectivity index (χ0n) is 14.7. The third-order valence-electron chi connectivity index (χ3n) is 4.72. The first kappa shape index (κ1) is 17.0. The van der Waals surface area contributed by atoms with Crippen LogP contribution in [0.4, 0.5) is 0 Å². The van der Waals surface area contributed by atoms with Crippen LogP contribution >= 0.6 is 11.3 Å². The minimum Gasteiger partial charge on any atom is -0.481 e. The Balaban J connectivity index is 1.41. The number of rotatable bonds is 5. The first-order valence-corrected chi connectivity index (χ1v) is 9.58. The third-order valence-corrected chi connectivity index (χ3v) is 5.74. The van der Waals surface area contributed by atoms with E-state index in [0.717, 1.165) is 36.0 Å². The number of ether oxygens (including phenoxy) is 1. The maximum atomic E-state index is 12.4. The zero-order valence-corrected chi connectivity index (χ0v) is 15.5. The summed E-state index contributed by atoms with van der Waals surface area (Å²) in [6.45, 7) is 2.69. The van der Waals surface area contributed by atoms with Gasteiger partial charge in [-0.05, 0) is 35.1 Å². The normalized spacial score (nSPS) is 14.2. The topological polar surface area (TPSA) is 54.5 Å². The van der Waals surface area contributed by atoms with Gasteiger partial charge in [0.1, 0.15) is 0 Å². The van der Waals surface area contributed by atoms with Crippen molar-refractivity contribution < 1.29 is 9.53 Å². The molecule has 1 N–H and O–H groups in total. The molecule has 0 saturated carbocycles. The molecule has 6 heteroatoms. The van der Waals surface area contributed by atoms with Crippen molar-refractivity contribution >= 4 is 28.1 Å². The Morgan fingerprint density at radius 2 is 2.23 bits per heavy atom. The number of carbonyl (C=O) groups is 1. The number of carbonyl (C=O) groups excluding carboxylic acids is 1. The number of hydrogen-bond donors (Lipinski definition) is 1. The molecule has 5 nitrogen and oxygen atoms in total. The standard InChI is InChI=1S/C20H21N3O2S/c1-25-20-10-15(16-4-2-3-5-17(16)22-20)11-21-19(24)13-23-8-6-18-14(12-23)7-9-26-18/h2-5,7,9-10H,6,8,11-13H2,1H3,(H,21,24). The second-order valence-electron chi connectivity index (χ2n) is 6.45. The first-order valence-electron chi connectivity index (χ1n) is 8.70. The predicted molar refractivity (Wildman–Crippen MR) is 103 cm³/mol. The molecular formula is C20H21N3O2S. The lowest BCUT2D eigenvalue weighted by atomic mass is 10.1. The average molecular weight is 367 g/mol. The molecule has 1 aromatic carbocycles. The van der Waals surface area contributed by atoms with E-state index >= 15 is 0 Å². The molecule has 1 amide bonds. The maximum Gasteiger partial charge on any atom is 0.234 e. The number of aromatic nitrogens is 1. The summed E-state index contributed by atoms with van der Waals surface area (Å²) < 4.78 is 5.29. The van der Waals surface area contributed by atoms with Gasteiger partial charge >= 0.3 is 0 Å². The Labute approximate surface area is 156 Å². The highest BCUT2D eigenvalue weighted by Gasteiger charge is 2.19.